The van der Waals surface area contributed by atoms with Gasteiger partial charge in [0.2, 0.25) is 11.7 Å². The fourth-order valence-corrected chi connectivity index (χ4v) is 5.23. The number of hydrogen-bond donors (Lipinski definition) is 6. The van der Waals surface area contributed by atoms with Gasteiger partial charge in [-0.3, -0.25) is 24.0 Å². The molecule has 0 aromatic heterocycles. The smallest absolute Gasteiger partial charge is 0.306 e. The van der Waals surface area contributed by atoms with Crippen molar-refractivity contribution in [1.29, 1.82) is 0 Å². The molecule has 12 heteroatoms. The first-order valence-corrected chi connectivity index (χ1v) is 11.1. The summed E-state index contributed by atoms with van der Waals surface area (Å²) in [6.45, 7) is 0. The predicted octanol–water partition coefficient (Wildman–Crippen LogP) is 0.472. The Kier molecular flexibility index (Phi) is 6.08. The molecular formula is C24H24N2O10. The number of phenols is 1. The van der Waals surface area contributed by atoms with Gasteiger partial charge < -0.3 is 36.2 Å². The molecule has 1 aromatic rings. The fourth-order valence-electron chi connectivity index (χ4n) is 5.23. The van der Waals surface area contributed by atoms with Crippen molar-refractivity contribution >= 4 is 35.0 Å². The molecule has 0 saturated heterocycles. The van der Waals surface area contributed by atoms with E-state index in [1.54, 1.807) is 0 Å². The number of methoxy groups -OCH3 is 1. The number of aromatic hydroxyl groups is 1. The number of carbonyl (C=O) groups excluding carboxylic acids is 5. The number of benzene rings is 1. The second-order valence-electron chi connectivity index (χ2n) is 9.03. The number of hydrogen-bond acceptors (Lipinski definition) is 10. The summed E-state index contributed by atoms with van der Waals surface area (Å²) < 4.78 is 4.47. The maximum absolute atomic E-state index is 13.5. The zero-order valence-corrected chi connectivity index (χ0v) is 19.2. The molecule has 0 aliphatic heterocycles. The number of ether oxygens (including phenoxy) is 1. The summed E-state index contributed by atoms with van der Waals surface area (Å²) in [5.41, 5.74) is 1.46. The van der Waals surface area contributed by atoms with Crippen molar-refractivity contribution in [3.8, 4) is 5.75 Å². The van der Waals surface area contributed by atoms with E-state index in [2.05, 4.69) is 10.1 Å². The SMILES string of the molecule is COC(=O)CCC(=O)Nc1ccc2c(c1O)C(=O)C1=C(O)[C@]3(O)C(=O)C(C(N)=O)=C(O)C[C@@H]3C[C@@H]1C2. The minimum absolute atomic E-state index is 0.0235. The van der Waals surface area contributed by atoms with Crippen molar-refractivity contribution in [2.24, 2.45) is 17.6 Å². The molecule has 0 unspecified atom stereocenters. The topological polar surface area (TPSA) is 214 Å². The van der Waals surface area contributed by atoms with Crippen LogP contribution in [0.5, 0.6) is 5.75 Å². The van der Waals surface area contributed by atoms with Crippen LogP contribution in [0, 0.1) is 11.8 Å². The molecule has 0 heterocycles. The standard InChI is InChI=1S/C24H24N2O10/c1-36-15(29)5-4-14(28)26-12-3-2-9-6-10-7-11-8-13(27)18(23(25)34)22(33)24(11,35)21(32)17(10)20(31)16(9)19(12)30/h2-3,10-11,27,30,32,35H,4-8H2,1H3,(H2,25,34)(H,26,28)/t10-,11-,24-/m0/s1. The molecule has 3 aliphatic carbocycles. The number of Topliss-reactive ketones (excluding diaryl/α,β-unsaturated/α-hetero) is 2. The molecule has 1 aromatic carbocycles. The van der Waals surface area contributed by atoms with E-state index >= 15 is 0 Å². The number of anilines is 1. The molecule has 0 radical (unpaired) electrons. The molecule has 0 saturated carbocycles. The number of aliphatic hydroxyl groups excluding tert-OH is 2. The predicted molar refractivity (Wildman–Crippen MR) is 121 cm³/mol. The van der Waals surface area contributed by atoms with Gasteiger partial charge in [0.15, 0.2) is 17.1 Å². The monoisotopic (exact) mass is 500 g/mol. The maximum Gasteiger partial charge on any atom is 0.306 e. The molecule has 190 valence electrons. The molecule has 12 nitrogen and oxygen atoms in total. The molecular weight excluding hydrogens is 476 g/mol. The summed E-state index contributed by atoms with van der Waals surface area (Å²) in [5, 5.41) is 45.6. The van der Waals surface area contributed by atoms with Crippen molar-refractivity contribution in [2.75, 3.05) is 12.4 Å². The van der Waals surface area contributed by atoms with Crippen molar-refractivity contribution in [1.82, 2.24) is 0 Å². The number of rotatable bonds is 5. The van der Waals surface area contributed by atoms with Crippen molar-refractivity contribution < 1.29 is 49.1 Å². The van der Waals surface area contributed by atoms with Gasteiger partial charge in [0, 0.05) is 24.3 Å². The third-order valence-electron chi connectivity index (χ3n) is 6.99. The minimum atomic E-state index is -2.65. The summed E-state index contributed by atoms with van der Waals surface area (Å²) in [6.07, 6.45) is -0.559. The van der Waals surface area contributed by atoms with E-state index < -0.39 is 69.6 Å². The van der Waals surface area contributed by atoms with Crippen LogP contribution in [0.25, 0.3) is 0 Å². The quantitative estimate of drug-likeness (QED) is 0.187. The van der Waals surface area contributed by atoms with Gasteiger partial charge in [-0.1, -0.05) is 6.07 Å². The number of nitrogens with one attached hydrogen (secondary N) is 1. The second-order valence-corrected chi connectivity index (χ2v) is 9.03. The highest BCUT2D eigenvalue weighted by Gasteiger charge is 2.59. The van der Waals surface area contributed by atoms with Gasteiger partial charge in [0.1, 0.15) is 17.1 Å². The molecule has 36 heavy (non-hydrogen) atoms. The normalized spacial score (nSPS) is 25.1. The van der Waals surface area contributed by atoms with E-state index in [1.165, 1.54) is 19.2 Å². The lowest BCUT2D eigenvalue weighted by atomic mass is 9.60. The number of ketones is 2. The van der Waals surface area contributed by atoms with E-state index in [0.717, 1.165) is 0 Å². The highest BCUT2D eigenvalue weighted by molar-refractivity contribution is 6.24. The Balaban J connectivity index is 1.71. The van der Waals surface area contributed by atoms with Crippen LogP contribution >= 0.6 is 0 Å². The van der Waals surface area contributed by atoms with Gasteiger partial charge in [-0.25, -0.2) is 0 Å². The first-order chi connectivity index (χ1) is 16.9. The lowest BCUT2D eigenvalue weighted by molar-refractivity contribution is -0.144. The van der Waals surface area contributed by atoms with Crippen LogP contribution in [0.3, 0.4) is 0 Å². The number of esters is 1. The summed E-state index contributed by atoms with van der Waals surface area (Å²) in [4.78, 5) is 61.5. The van der Waals surface area contributed by atoms with E-state index in [9.17, 15) is 44.4 Å². The molecule has 0 fully saturated rings. The van der Waals surface area contributed by atoms with Gasteiger partial charge in [-0.15, -0.1) is 0 Å². The van der Waals surface area contributed by atoms with Crippen LogP contribution in [-0.2, 0) is 30.3 Å². The highest BCUT2D eigenvalue weighted by atomic mass is 16.5. The van der Waals surface area contributed by atoms with Crippen molar-refractivity contribution in [2.45, 2.75) is 37.7 Å². The van der Waals surface area contributed by atoms with Gasteiger partial charge in [-0.05, 0) is 30.4 Å². The Morgan fingerprint density at radius 3 is 2.47 bits per heavy atom. The molecule has 2 amide bonds. The lowest BCUT2D eigenvalue weighted by Crippen LogP contribution is -2.57. The number of amides is 2. The zero-order valence-electron chi connectivity index (χ0n) is 19.2. The number of fused-ring (bicyclic) bond motifs is 3. The van der Waals surface area contributed by atoms with Gasteiger partial charge in [0.25, 0.3) is 5.91 Å². The zero-order chi connectivity index (χ0) is 26.5. The molecule has 0 spiro atoms. The summed E-state index contributed by atoms with van der Waals surface area (Å²) in [6, 6.07) is 2.91. The van der Waals surface area contributed by atoms with Crippen LogP contribution in [0.15, 0.2) is 34.8 Å². The summed E-state index contributed by atoms with van der Waals surface area (Å²) >= 11 is 0. The lowest BCUT2D eigenvalue weighted by Gasteiger charge is -2.45. The number of allylic oxidation sites excluding steroid dienone is 2. The Bertz CT molecular complexity index is 1290. The van der Waals surface area contributed by atoms with E-state index in [1.807, 2.05) is 0 Å². The number of primary amides is 1. The van der Waals surface area contributed by atoms with Crippen LogP contribution < -0.4 is 11.1 Å². The van der Waals surface area contributed by atoms with E-state index in [0.29, 0.717) is 5.56 Å². The van der Waals surface area contributed by atoms with Crippen LogP contribution in [0.4, 0.5) is 5.69 Å². The third-order valence-corrected chi connectivity index (χ3v) is 6.99. The fraction of sp³-hybridized carbons (Fsp3) is 0.375. The minimum Gasteiger partial charge on any atom is -0.511 e. The van der Waals surface area contributed by atoms with Crippen molar-refractivity contribution in [3.05, 3.63) is 45.9 Å². The van der Waals surface area contributed by atoms with E-state index in [-0.39, 0.29) is 48.9 Å². The number of aliphatic hydroxyl groups is 3. The number of nitrogens with two attached hydrogens (primary N) is 1. The van der Waals surface area contributed by atoms with Crippen LogP contribution in [0.2, 0.25) is 0 Å². The highest BCUT2D eigenvalue weighted by Crippen LogP contribution is 2.51. The maximum atomic E-state index is 13.5. The van der Waals surface area contributed by atoms with Gasteiger partial charge >= 0.3 is 5.97 Å². The average Bonchev–Trinajstić information content (AvgIpc) is 2.81. The first kappa shape index (κ1) is 24.9. The Labute approximate surface area is 204 Å². The largest absolute Gasteiger partial charge is 0.511 e. The first-order valence-electron chi connectivity index (χ1n) is 11.1. The molecule has 4 rings (SSSR count). The molecule has 3 aliphatic rings. The number of carbonyl (C=O) groups is 5. The summed E-state index contributed by atoms with van der Waals surface area (Å²) in [7, 11) is 1.18. The van der Waals surface area contributed by atoms with Crippen LogP contribution in [0.1, 0.15) is 41.6 Å². The molecule has 7 N–H and O–H groups in total. The number of phenolic OH excluding ortho intramolecular Hbond substituents is 1. The van der Waals surface area contributed by atoms with Crippen LogP contribution in [-0.4, -0.2) is 62.5 Å². The Morgan fingerprint density at radius 2 is 1.83 bits per heavy atom. The molecule has 0 bridgehead atoms. The third kappa shape index (κ3) is 3.70. The van der Waals surface area contributed by atoms with Crippen molar-refractivity contribution in [3.63, 3.8) is 0 Å². The van der Waals surface area contributed by atoms with Gasteiger partial charge in [0.05, 0.1) is 24.8 Å². The second kappa shape index (κ2) is 8.79. The Hall–Kier alpha value is -4.19. The average molecular weight is 500 g/mol. The molecule has 3 atom stereocenters. The summed E-state index contributed by atoms with van der Waals surface area (Å²) in [5.74, 6) is -8.46. The van der Waals surface area contributed by atoms with Gasteiger partial charge in [-0.2, -0.15) is 0 Å². The Morgan fingerprint density at radius 1 is 1.14 bits per heavy atom. The van der Waals surface area contributed by atoms with E-state index in [4.69, 9.17) is 5.73 Å².